The lowest BCUT2D eigenvalue weighted by atomic mass is 10.1. The molecule has 0 unspecified atom stereocenters. The minimum absolute atomic E-state index is 0.0269. The first-order chi connectivity index (χ1) is 16.4. The lowest BCUT2D eigenvalue weighted by Gasteiger charge is -2.14. The fraction of sp³-hybridized carbons (Fsp3) is 0.154. The van der Waals surface area contributed by atoms with Gasteiger partial charge in [0.1, 0.15) is 29.7 Å². The van der Waals surface area contributed by atoms with Gasteiger partial charge < -0.3 is 14.8 Å². The predicted octanol–water partition coefficient (Wildman–Crippen LogP) is 4.97. The molecule has 0 radical (unpaired) electrons. The van der Waals surface area contributed by atoms with E-state index in [1.54, 1.807) is 18.2 Å². The zero-order chi connectivity index (χ0) is 24.5. The molecule has 0 saturated carbocycles. The van der Waals surface area contributed by atoms with Gasteiger partial charge in [-0.1, -0.05) is 36.4 Å². The van der Waals surface area contributed by atoms with Gasteiger partial charge in [-0.2, -0.15) is 5.26 Å². The van der Waals surface area contributed by atoms with Crippen LogP contribution in [0.25, 0.3) is 6.08 Å². The minimum Gasteiger partial charge on any atom is -0.496 e. The van der Waals surface area contributed by atoms with E-state index in [0.717, 1.165) is 5.56 Å². The van der Waals surface area contributed by atoms with Crippen LogP contribution in [0.1, 0.15) is 29.7 Å². The van der Waals surface area contributed by atoms with Crippen molar-refractivity contribution in [1.29, 1.82) is 5.26 Å². The van der Waals surface area contributed by atoms with Gasteiger partial charge in [0.2, 0.25) is 0 Å². The number of ether oxygens (including phenoxy) is 2. The first-order valence-corrected chi connectivity index (χ1v) is 10.4. The van der Waals surface area contributed by atoms with Crippen LogP contribution in [-0.4, -0.2) is 17.9 Å². The average Bonchev–Trinajstić information content (AvgIpc) is 2.86. The number of nitro groups is 1. The van der Waals surface area contributed by atoms with Gasteiger partial charge in [0.05, 0.1) is 18.1 Å². The first kappa shape index (κ1) is 24.0. The van der Waals surface area contributed by atoms with Crippen LogP contribution in [0.5, 0.6) is 11.5 Å². The van der Waals surface area contributed by atoms with Crippen LogP contribution >= 0.6 is 0 Å². The van der Waals surface area contributed by atoms with Crippen LogP contribution in [0.3, 0.4) is 0 Å². The summed E-state index contributed by atoms with van der Waals surface area (Å²) in [5, 5.41) is 23.2. The second-order valence-corrected chi connectivity index (χ2v) is 7.39. The second-order valence-electron chi connectivity index (χ2n) is 7.39. The van der Waals surface area contributed by atoms with Crippen molar-refractivity contribution in [2.75, 3.05) is 7.11 Å². The van der Waals surface area contributed by atoms with Crippen molar-refractivity contribution in [3.05, 3.63) is 105 Å². The van der Waals surface area contributed by atoms with Crippen LogP contribution in [0.4, 0.5) is 5.69 Å². The highest BCUT2D eigenvalue weighted by molar-refractivity contribution is 6.01. The molecule has 34 heavy (non-hydrogen) atoms. The summed E-state index contributed by atoms with van der Waals surface area (Å²) in [5.41, 5.74) is 2.19. The highest BCUT2D eigenvalue weighted by atomic mass is 16.6. The third kappa shape index (κ3) is 6.20. The van der Waals surface area contributed by atoms with E-state index in [9.17, 15) is 20.2 Å². The van der Waals surface area contributed by atoms with Gasteiger partial charge in [-0.15, -0.1) is 0 Å². The zero-order valence-electron chi connectivity index (χ0n) is 18.7. The summed E-state index contributed by atoms with van der Waals surface area (Å²) in [6.45, 7) is 1.98. The van der Waals surface area contributed by atoms with Crippen molar-refractivity contribution in [1.82, 2.24) is 5.32 Å². The van der Waals surface area contributed by atoms with Crippen molar-refractivity contribution in [2.24, 2.45) is 0 Å². The van der Waals surface area contributed by atoms with E-state index in [1.165, 1.54) is 37.5 Å². The molecule has 8 heteroatoms. The third-order valence-electron chi connectivity index (χ3n) is 5.07. The number of methoxy groups -OCH3 is 1. The molecule has 0 saturated heterocycles. The molecule has 1 amide bonds. The number of carbonyl (C=O) groups excluding carboxylic acids is 1. The number of nitriles is 1. The molecule has 0 fully saturated rings. The Labute approximate surface area is 197 Å². The highest BCUT2D eigenvalue weighted by Gasteiger charge is 2.14. The fourth-order valence-electron chi connectivity index (χ4n) is 3.24. The van der Waals surface area contributed by atoms with Gasteiger partial charge in [0.15, 0.2) is 0 Å². The van der Waals surface area contributed by atoms with E-state index in [0.29, 0.717) is 22.6 Å². The first-order valence-electron chi connectivity index (χ1n) is 10.4. The summed E-state index contributed by atoms with van der Waals surface area (Å²) in [7, 11) is 1.53. The van der Waals surface area contributed by atoms with Crippen molar-refractivity contribution in [3.8, 4) is 17.6 Å². The Morgan fingerprint density at radius 1 is 1.15 bits per heavy atom. The maximum absolute atomic E-state index is 12.7. The summed E-state index contributed by atoms with van der Waals surface area (Å²) in [6, 6.07) is 22.1. The molecular weight excluding hydrogens is 434 g/mol. The lowest BCUT2D eigenvalue weighted by molar-refractivity contribution is -0.384. The zero-order valence-corrected chi connectivity index (χ0v) is 18.7. The van der Waals surface area contributed by atoms with Gasteiger partial charge >= 0.3 is 0 Å². The van der Waals surface area contributed by atoms with Crippen LogP contribution in [0, 0.1) is 21.4 Å². The standard InChI is InChI=1S/C26H23N3O5/c1-18(20-6-4-3-5-7-20)28-26(30)21(16-27)14-19-8-13-25(33-2)22(15-19)17-34-24-11-9-23(10-12-24)29(31)32/h3-15,18H,17H2,1-2H3,(H,28,30)/b21-14+/t18-/m0/s1. The molecule has 0 aromatic heterocycles. The topological polar surface area (TPSA) is 114 Å². The predicted molar refractivity (Wildman–Crippen MR) is 127 cm³/mol. The van der Waals surface area contributed by atoms with Gasteiger partial charge in [-0.25, -0.2) is 0 Å². The minimum atomic E-state index is -0.480. The molecule has 3 aromatic carbocycles. The molecular formula is C26H23N3O5. The van der Waals surface area contributed by atoms with Gasteiger partial charge in [-0.05, 0) is 48.4 Å². The molecule has 1 N–H and O–H groups in total. The second kappa shape index (κ2) is 11.3. The summed E-state index contributed by atoms with van der Waals surface area (Å²) in [5.74, 6) is 0.554. The molecule has 0 heterocycles. The normalized spacial score (nSPS) is 11.7. The number of nitro benzene ring substituents is 1. The summed E-state index contributed by atoms with van der Waals surface area (Å²) in [4.78, 5) is 23.0. The maximum atomic E-state index is 12.7. The Morgan fingerprint density at radius 2 is 1.85 bits per heavy atom. The molecule has 0 spiro atoms. The molecule has 0 aliphatic rings. The third-order valence-corrected chi connectivity index (χ3v) is 5.07. The maximum Gasteiger partial charge on any atom is 0.269 e. The SMILES string of the molecule is COc1ccc(/C=C(\C#N)C(=O)N[C@@H](C)c2ccccc2)cc1COc1ccc([N+](=O)[O-])cc1. The largest absolute Gasteiger partial charge is 0.496 e. The number of non-ortho nitro benzene ring substituents is 1. The molecule has 8 nitrogen and oxygen atoms in total. The number of carbonyl (C=O) groups is 1. The van der Waals surface area contributed by atoms with Crippen molar-refractivity contribution < 1.29 is 19.2 Å². The molecule has 1 atom stereocenters. The Bertz CT molecular complexity index is 1230. The fourth-order valence-corrected chi connectivity index (χ4v) is 3.24. The average molecular weight is 457 g/mol. The summed E-state index contributed by atoms with van der Waals surface area (Å²) >= 11 is 0. The van der Waals surface area contributed by atoms with E-state index < -0.39 is 10.8 Å². The molecule has 0 aliphatic heterocycles. The molecule has 172 valence electrons. The quantitative estimate of drug-likeness (QED) is 0.210. The van der Waals surface area contributed by atoms with Gasteiger partial charge in [0, 0.05) is 17.7 Å². The van der Waals surface area contributed by atoms with Crippen molar-refractivity contribution >= 4 is 17.7 Å². The van der Waals surface area contributed by atoms with E-state index in [2.05, 4.69) is 5.32 Å². The Morgan fingerprint density at radius 3 is 2.47 bits per heavy atom. The summed E-state index contributed by atoms with van der Waals surface area (Å²) in [6.07, 6.45) is 1.50. The number of amides is 1. The van der Waals surface area contributed by atoms with Crippen LogP contribution in [0.2, 0.25) is 0 Å². The Hall–Kier alpha value is -4.64. The van der Waals surface area contributed by atoms with E-state index in [-0.39, 0.29) is 23.9 Å². The summed E-state index contributed by atoms with van der Waals surface area (Å²) < 4.78 is 11.1. The number of hydrogen-bond acceptors (Lipinski definition) is 6. The van der Waals surface area contributed by atoms with Crippen molar-refractivity contribution in [3.63, 3.8) is 0 Å². The Kier molecular flexibility index (Phi) is 7.97. The highest BCUT2D eigenvalue weighted by Crippen LogP contribution is 2.25. The lowest BCUT2D eigenvalue weighted by Crippen LogP contribution is -2.27. The number of hydrogen-bond donors (Lipinski definition) is 1. The Balaban J connectivity index is 1.75. The number of rotatable bonds is 9. The smallest absolute Gasteiger partial charge is 0.269 e. The van der Waals surface area contributed by atoms with E-state index >= 15 is 0 Å². The van der Waals surface area contributed by atoms with Crippen LogP contribution < -0.4 is 14.8 Å². The molecule has 3 rings (SSSR count). The van der Waals surface area contributed by atoms with E-state index in [1.807, 2.05) is 43.3 Å². The number of benzene rings is 3. The number of nitrogens with zero attached hydrogens (tertiary/aromatic N) is 2. The monoisotopic (exact) mass is 457 g/mol. The molecule has 0 aliphatic carbocycles. The van der Waals surface area contributed by atoms with Crippen LogP contribution in [-0.2, 0) is 11.4 Å². The van der Waals surface area contributed by atoms with Gasteiger partial charge in [0.25, 0.3) is 11.6 Å². The molecule has 0 bridgehead atoms. The van der Waals surface area contributed by atoms with Gasteiger partial charge in [-0.3, -0.25) is 14.9 Å². The molecule has 3 aromatic rings. The van der Waals surface area contributed by atoms with E-state index in [4.69, 9.17) is 9.47 Å². The van der Waals surface area contributed by atoms with Crippen molar-refractivity contribution in [2.45, 2.75) is 19.6 Å². The van der Waals surface area contributed by atoms with Crippen LogP contribution in [0.15, 0.2) is 78.4 Å². The number of nitrogens with one attached hydrogen (secondary N) is 1.